The fourth-order valence-electron chi connectivity index (χ4n) is 3.17. The molecule has 1 saturated heterocycles. The van der Waals surface area contributed by atoms with Gasteiger partial charge >= 0.3 is 12.1 Å². The minimum Gasteiger partial charge on any atom is -0.453 e. The highest BCUT2D eigenvalue weighted by Crippen LogP contribution is 2.30. The van der Waals surface area contributed by atoms with Gasteiger partial charge in [0.2, 0.25) is 5.91 Å². The summed E-state index contributed by atoms with van der Waals surface area (Å²) in [5.74, 6) is -1.01. The molecule has 0 aromatic heterocycles. The lowest BCUT2D eigenvalue weighted by atomic mass is 9.90. The van der Waals surface area contributed by atoms with E-state index in [0.29, 0.717) is 5.56 Å². The Morgan fingerprint density at radius 3 is 2.48 bits per heavy atom. The summed E-state index contributed by atoms with van der Waals surface area (Å²) in [7, 11) is 1.23. The fourth-order valence-corrected chi connectivity index (χ4v) is 3.17. The summed E-state index contributed by atoms with van der Waals surface area (Å²) in [5.41, 5.74) is -0.617. The van der Waals surface area contributed by atoms with Crippen LogP contribution in [0.5, 0.6) is 0 Å². The molecule has 1 fully saturated rings. The lowest BCUT2D eigenvalue weighted by molar-refractivity contribution is -0.134. The zero-order valence-corrected chi connectivity index (χ0v) is 16.2. The molecular weight excluding hydrogens is 376 g/mol. The smallest absolute Gasteiger partial charge is 0.406 e. The molecule has 5 amide bonds. The number of methoxy groups -OCH3 is 1. The molecule has 1 atom stereocenters. The minimum absolute atomic E-state index is 0.138. The number of imide groups is 1. The predicted octanol–water partition coefficient (Wildman–Crippen LogP) is 1.08. The van der Waals surface area contributed by atoms with Gasteiger partial charge in [0.25, 0.3) is 5.91 Å². The van der Waals surface area contributed by atoms with E-state index in [1.165, 1.54) is 7.11 Å². The van der Waals surface area contributed by atoms with Gasteiger partial charge in [-0.25, -0.2) is 9.59 Å². The molecule has 0 radical (unpaired) electrons. The Kier molecular flexibility index (Phi) is 5.67. The number of carbonyl (C=O) groups is 4. The minimum atomic E-state index is -1.26. The summed E-state index contributed by atoms with van der Waals surface area (Å²) in [4.78, 5) is 49.3. The van der Waals surface area contributed by atoms with Gasteiger partial charge in [-0.15, -0.1) is 0 Å². The molecule has 9 heteroatoms. The molecule has 2 aromatic rings. The van der Waals surface area contributed by atoms with E-state index < -0.39 is 36.0 Å². The summed E-state index contributed by atoms with van der Waals surface area (Å²) in [6, 6.07) is 12.6. The molecule has 0 spiro atoms. The molecule has 1 aliphatic heterocycles. The van der Waals surface area contributed by atoms with Gasteiger partial charge in [0, 0.05) is 13.1 Å². The van der Waals surface area contributed by atoms with E-state index >= 15 is 0 Å². The number of benzene rings is 2. The Hall–Kier alpha value is -3.62. The van der Waals surface area contributed by atoms with Crippen LogP contribution >= 0.6 is 0 Å². The van der Waals surface area contributed by atoms with E-state index in [0.717, 1.165) is 15.7 Å². The van der Waals surface area contributed by atoms with Crippen LogP contribution < -0.4 is 16.0 Å². The van der Waals surface area contributed by atoms with Crippen LogP contribution in [0.2, 0.25) is 0 Å². The number of hydrogen-bond acceptors (Lipinski definition) is 5. The first-order chi connectivity index (χ1) is 13.8. The van der Waals surface area contributed by atoms with Crippen LogP contribution in [0.1, 0.15) is 12.5 Å². The van der Waals surface area contributed by atoms with Gasteiger partial charge in [-0.3, -0.25) is 14.5 Å². The van der Waals surface area contributed by atoms with E-state index in [4.69, 9.17) is 0 Å². The van der Waals surface area contributed by atoms with Gasteiger partial charge in [-0.2, -0.15) is 0 Å². The molecule has 0 saturated carbocycles. The lowest BCUT2D eigenvalue weighted by Crippen LogP contribution is -2.44. The van der Waals surface area contributed by atoms with Crippen LogP contribution in [-0.2, 0) is 19.9 Å². The van der Waals surface area contributed by atoms with Gasteiger partial charge in [-0.1, -0.05) is 36.4 Å². The quantitative estimate of drug-likeness (QED) is 0.497. The third-order valence-electron chi connectivity index (χ3n) is 4.81. The zero-order valence-electron chi connectivity index (χ0n) is 16.2. The number of hydrogen-bond donors (Lipinski definition) is 3. The van der Waals surface area contributed by atoms with Crippen LogP contribution in [0.3, 0.4) is 0 Å². The first-order valence-electron chi connectivity index (χ1n) is 9.07. The fraction of sp³-hybridized carbons (Fsp3) is 0.300. The molecule has 2 aromatic carbocycles. The van der Waals surface area contributed by atoms with Crippen molar-refractivity contribution in [3.63, 3.8) is 0 Å². The molecule has 3 rings (SSSR count). The van der Waals surface area contributed by atoms with Crippen molar-refractivity contribution in [2.45, 2.75) is 12.5 Å². The molecule has 29 heavy (non-hydrogen) atoms. The Bertz CT molecular complexity index is 976. The number of alkyl carbamates (subject to hydrolysis) is 1. The monoisotopic (exact) mass is 398 g/mol. The molecule has 0 aliphatic carbocycles. The Morgan fingerprint density at radius 2 is 1.76 bits per heavy atom. The maximum atomic E-state index is 13.0. The molecule has 1 aliphatic rings. The van der Waals surface area contributed by atoms with Crippen molar-refractivity contribution < 1.29 is 23.9 Å². The summed E-state index contributed by atoms with van der Waals surface area (Å²) in [5, 5.41) is 9.61. The average molecular weight is 398 g/mol. The SMILES string of the molecule is COC(=O)NCCNC(=O)CN1C(=O)NC(C)(c2ccc3ccccc3c2)C1=O. The van der Waals surface area contributed by atoms with Crippen molar-refractivity contribution in [3.05, 3.63) is 48.0 Å². The number of urea groups is 1. The van der Waals surface area contributed by atoms with E-state index in [1.54, 1.807) is 13.0 Å². The van der Waals surface area contributed by atoms with Crippen LogP contribution in [-0.4, -0.2) is 55.6 Å². The number of ether oxygens (including phenoxy) is 1. The zero-order chi connectivity index (χ0) is 21.0. The van der Waals surface area contributed by atoms with Crippen molar-refractivity contribution in [2.24, 2.45) is 0 Å². The second-order valence-electron chi connectivity index (χ2n) is 6.78. The topological polar surface area (TPSA) is 117 Å². The van der Waals surface area contributed by atoms with Gasteiger partial charge in [0.05, 0.1) is 7.11 Å². The number of carbonyl (C=O) groups excluding carboxylic acids is 4. The summed E-state index contributed by atoms with van der Waals surface area (Å²) in [6.07, 6.45) is -0.612. The van der Waals surface area contributed by atoms with Crippen LogP contribution in [0, 0.1) is 0 Å². The molecule has 1 unspecified atom stereocenters. The van der Waals surface area contributed by atoms with E-state index in [1.807, 2.05) is 36.4 Å². The van der Waals surface area contributed by atoms with Crippen molar-refractivity contribution >= 4 is 34.7 Å². The number of amides is 5. The predicted molar refractivity (Wildman–Crippen MR) is 105 cm³/mol. The first kappa shape index (κ1) is 20.1. The Labute approximate surface area is 167 Å². The molecule has 0 bridgehead atoms. The second-order valence-corrected chi connectivity index (χ2v) is 6.78. The normalized spacial score (nSPS) is 18.5. The average Bonchev–Trinajstić information content (AvgIpc) is 2.94. The van der Waals surface area contributed by atoms with Crippen molar-refractivity contribution in [2.75, 3.05) is 26.7 Å². The van der Waals surface area contributed by atoms with E-state index in [2.05, 4.69) is 20.7 Å². The maximum absolute atomic E-state index is 13.0. The number of rotatable bonds is 6. The van der Waals surface area contributed by atoms with E-state index in [-0.39, 0.29) is 13.1 Å². The van der Waals surface area contributed by atoms with Gasteiger partial charge < -0.3 is 20.7 Å². The number of nitrogens with zero attached hydrogens (tertiary/aromatic N) is 1. The number of nitrogens with one attached hydrogen (secondary N) is 3. The first-order valence-corrected chi connectivity index (χ1v) is 9.07. The molecular formula is C20H22N4O5. The van der Waals surface area contributed by atoms with E-state index in [9.17, 15) is 19.2 Å². The van der Waals surface area contributed by atoms with Crippen LogP contribution in [0.4, 0.5) is 9.59 Å². The van der Waals surface area contributed by atoms with Crippen molar-refractivity contribution in [1.29, 1.82) is 0 Å². The molecule has 3 N–H and O–H groups in total. The van der Waals surface area contributed by atoms with Crippen LogP contribution in [0.25, 0.3) is 10.8 Å². The Morgan fingerprint density at radius 1 is 1.07 bits per heavy atom. The maximum Gasteiger partial charge on any atom is 0.406 e. The third kappa shape index (κ3) is 4.13. The summed E-state index contributed by atoms with van der Waals surface area (Å²) < 4.78 is 4.42. The van der Waals surface area contributed by atoms with Gasteiger partial charge in [0.15, 0.2) is 0 Å². The molecule has 152 valence electrons. The highest BCUT2D eigenvalue weighted by atomic mass is 16.5. The molecule has 1 heterocycles. The highest BCUT2D eigenvalue weighted by molar-refractivity contribution is 6.09. The third-order valence-corrected chi connectivity index (χ3v) is 4.81. The second kappa shape index (κ2) is 8.17. The standard InChI is InChI=1S/C20H22N4O5/c1-20(15-8-7-13-5-3-4-6-14(13)11-15)17(26)24(18(27)23-20)12-16(25)21-9-10-22-19(28)29-2/h3-8,11H,9-10,12H2,1-2H3,(H,21,25)(H,22,28)(H,23,27). The molecule has 9 nitrogen and oxygen atoms in total. The van der Waals surface area contributed by atoms with Gasteiger partial charge in [0.1, 0.15) is 12.1 Å². The largest absolute Gasteiger partial charge is 0.453 e. The number of fused-ring (bicyclic) bond motifs is 1. The summed E-state index contributed by atoms with van der Waals surface area (Å²) >= 11 is 0. The van der Waals surface area contributed by atoms with Crippen molar-refractivity contribution in [1.82, 2.24) is 20.9 Å². The van der Waals surface area contributed by atoms with Gasteiger partial charge in [-0.05, 0) is 29.3 Å². The highest BCUT2D eigenvalue weighted by Gasteiger charge is 2.49. The lowest BCUT2D eigenvalue weighted by Gasteiger charge is -2.22. The van der Waals surface area contributed by atoms with Crippen LogP contribution in [0.15, 0.2) is 42.5 Å². The Balaban J connectivity index is 1.66. The summed E-state index contributed by atoms with van der Waals surface area (Å²) in [6.45, 7) is 1.51. The van der Waals surface area contributed by atoms with Crippen molar-refractivity contribution in [3.8, 4) is 0 Å².